The van der Waals surface area contributed by atoms with E-state index in [-0.39, 0.29) is 6.03 Å². The number of imidazole rings is 1. The van der Waals surface area contributed by atoms with Crippen molar-refractivity contribution in [3.63, 3.8) is 0 Å². The monoisotopic (exact) mass is 440 g/mol. The highest BCUT2D eigenvalue weighted by molar-refractivity contribution is 5.89. The zero-order chi connectivity index (χ0) is 22.8. The van der Waals surface area contributed by atoms with Crippen LogP contribution in [-0.4, -0.2) is 56.5 Å². The summed E-state index contributed by atoms with van der Waals surface area (Å²) in [7, 11) is 0. The predicted molar refractivity (Wildman–Crippen MR) is 131 cm³/mol. The molecule has 0 radical (unpaired) electrons. The van der Waals surface area contributed by atoms with Gasteiger partial charge in [0.15, 0.2) is 5.65 Å². The molecule has 0 saturated carbocycles. The van der Waals surface area contributed by atoms with Gasteiger partial charge in [0.1, 0.15) is 11.3 Å². The molecule has 1 aliphatic rings. The number of carbonyl (C=O) groups is 1. The van der Waals surface area contributed by atoms with Crippen LogP contribution in [0.5, 0.6) is 0 Å². The average Bonchev–Trinajstić information content (AvgIpc) is 3.17. The smallest absolute Gasteiger partial charge is 0.321 e. The SMILES string of the molecule is Cc1cccc(NC(=O)N2CCN(Cc3nc4cccnc4n3-c3cccc(C)c3)CC2)c1. The molecular formula is C26H28N6O. The number of aromatic nitrogens is 3. The number of pyridine rings is 1. The summed E-state index contributed by atoms with van der Waals surface area (Å²) >= 11 is 0. The third kappa shape index (κ3) is 4.59. The molecule has 7 heteroatoms. The number of fused-ring (bicyclic) bond motifs is 1. The molecule has 1 aliphatic heterocycles. The minimum absolute atomic E-state index is 0.0450. The topological polar surface area (TPSA) is 66.3 Å². The molecule has 2 amide bonds. The molecule has 2 aromatic carbocycles. The first-order valence-electron chi connectivity index (χ1n) is 11.3. The van der Waals surface area contributed by atoms with Crippen LogP contribution in [0.4, 0.5) is 10.5 Å². The van der Waals surface area contributed by atoms with Crippen molar-refractivity contribution in [1.29, 1.82) is 0 Å². The number of piperazine rings is 1. The Morgan fingerprint density at radius 3 is 2.45 bits per heavy atom. The Kier molecular flexibility index (Phi) is 5.79. The highest BCUT2D eigenvalue weighted by Gasteiger charge is 2.23. The second kappa shape index (κ2) is 9.03. The third-order valence-electron chi connectivity index (χ3n) is 6.04. The summed E-state index contributed by atoms with van der Waals surface area (Å²) < 4.78 is 2.15. The van der Waals surface area contributed by atoms with E-state index in [0.29, 0.717) is 19.6 Å². The maximum atomic E-state index is 12.7. The fraction of sp³-hybridized carbons (Fsp3) is 0.269. The Bertz CT molecular complexity index is 1290. The van der Waals surface area contributed by atoms with Gasteiger partial charge in [-0.3, -0.25) is 9.47 Å². The van der Waals surface area contributed by atoms with Crippen molar-refractivity contribution in [2.24, 2.45) is 0 Å². The van der Waals surface area contributed by atoms with Gasteiger partial charge in [0.25, 0.3) is 0 Å². The molecule has 33 heavy (non-hydrogen) atoms. The number of anilines is 1. The van der Waals surface area contributed by atoms with Crippen molar-refractivity contribution >= 4 is 22.9 Å². The van der Waals surface area contributed by atoms with Gasteiger partial charge in [0.05, 0.1) is 6.54 Å². The van der Waals surface area contributed by atoms with Gasteiger partial charge in [0.2, 0.25) is 0 Å². The molecule has 3 heterocycles. The predicted octanol–water partition coefficient (Wildman–Crippen LogP) is 4.39. The number of urea groups is 1. The quantitative estimate of drug-likeness (QED) is 0.511. The van der Waals surface area contributed by atoms with Gasteiger partial charge in [-0.15, -0.1) is 0 Å². The second-order valence-electron chi connectivity index (χ2n) is 8.61. The lowest BCUT2D eigenvalue weighted by Crippen LogP contribution is -2.49. The van der Waals surface area contributed by atoms with Crippen molar-refractivity contribution < 1.29 is 4.79 Å². The highest BCUT2D eigenvalue weighted by atomic mass is 16.2. The number of amides is 2. The standard InChI is InChI=1S/C26H28N6O/c1-19-6-3-8-21(16-19)28-26(33)31-14-12-30(13-15-31)18-24-29-23-10-5-11-27-25(23)32(24)22-9-4-7-20(2)17-22/h3-11,16-17H,12-15,18H2,1-2H3,(H,28,33). The van der Waals surface area contributed by atoms with E-state index >= 15 is 0 Å². The van der Waals surface area contributed by atoms with Crippen LogP contribution in [0.25, 0.3) is 16.9 Å². The Balaban J connectivity index is 1.30. The Morgan fingerprint density at radius 1 is 0.939 bits per heavy atom. The van der Waals surface area contributed by atoms with Gasteiger partial charge in [-0.2, -0.15) is 0 Å². The average molecular weight is 441 g/mol. The van der Waals surface area contributed by atoms with Crippen LogP contribution < -0.4 is 5.32 Å². The Morgan fingerprint density at radius 2 is 1.70 bits per heavy atom. The molecule has 5 rings (SSSR count). The molecule has 4 aromatic rings. The van der Waals surface area contributed by atoms with E-state index in [0.717, 1.165) is 47.0 Å². The van der Waals surface area contributed by atoms with Crippen molar-refractivity contribution in [3.8, 4) is 5.69 Å². The summed E-state index contributed by atoms with van der Waals surface area (Å²) in [5.74, 6) is 0.965. The van der Waals surface area contributed by atoms with Gasteiger partial charge >= 0.3 is 6.03 Å². The number of nitrogens with one attached hydrogen (secondary N) is 1. The van der Waals surface area contributed by atoms with E-state index in [4.69, 9.17) is 4.98 Å². The van der Waals surface area contributed by atoms with E-state index in [1.54, 1.807) is 0 Å². The Hall–Kier alpha value is -3.71. The number of hydrogen-bond donors (Lipinski definition) is 1. The second-order valence-corrected chi connectivity index (χ2v) is 8.61. The van der Waals surface area contributed by atoms with Gasteiger partial charge in [-0.25, -0.2) is 14.8 Å². The number of nitrogens with zero attached hydrogens (tertiary/aromatic N) is 5. The molecule has 0 aliphatic carbocycles. The van der Waals surface area contributed by atoms with E-state index in [1.807, 2.05) is 54.4 Å². The number of carbonyl (C=O) groups excluding carboxylic acids is 1. The zero-order valence-electron chi connectivity index (χ0n) is 19.0. The maximum Gasteiger partial charge on any atom is 0.321 e. The first-order chi connectivity index (χ1) is 16.1. The molecular weight excluding hydrogens is 412 g/mol. The van der Waals surface area contributed by atoms with Crippen LogP contribution in [0.3, 0.4) is 0 Å². The lowest BCUT2D eigenvalue weighted by atomic mass is 10.2. The van der Waals surface area contributed by atoms with Gasteiger partial charge in [-0.05, 0) is 61.4 Å². The van der Waals surface area contributed by atoms with E-state index in [9.17, 15) is 4.79 Å². The number of hydrogen-bond acceptors (Lipinski definition) is 4. The van der Waals surface area contributed by atoms with Gasteiger partial charge < -0.3 is 10.2 Å². The number of aryl methyl sites for hydroxylation is 2. The molecule has 0 bridgehead atoms. The molecule has 1 saturated heterocycles. The molecule has 0 spiro atoms. The fourth-order valence-electron chi connectivity index (χ4n) is 4.34. The van der Waals surface area contributed by atoms with Crippen molar-refractivity contribution in [2.75, 3.05) is 31.5 Å². The molecule has 1 N–H and O–H groups in total. The first-order valence-corrected chi connectivity index (χ1v) is 11.3. The lowest BCUT2D eigenvalue weighted by Gasteiger charge is -2.34. The van der Waals surface area contributed by atoms with Crippen molar-refractivity contribution in [1.82, 2.24) is 24.3 Å². The first kappa shape index (κ1) is 21.2. The van der Waals surface area contributed by atoms with Crippen LogP contribution in [-0.2, 0) is 6.54 Å². The van der Waals surface area contributed by atoms with Crippen molar-refractivity contribution in [3.05, 3.63) is 83.8 Å². The third-order valence-corrected chi connectivity index (χ3v) is 6.04. The molecule has 168 valence electrons. The van der Waals surface area contributed by atoms with Crippen LogP contribution in [0.2, 0.25) is 0 Å². The summed E-state index contributed by atoms with van der Waals surface area (Å²) in [6, 6.07) is 20.2. The fourth-order valence-corrected chi connectivity index (χ4v) is 4.34. The summed E-state index contributed by atoms with van der Waals surface area (Å²) in [5, 5.41) is 3.01. The largest absolute Gasteiger partial charge is 0.322 e. The van der Waals surface area contributed by atoms with E-state index in [1.165, 1.54) is 5.56 Å². The molecule has 0 atom stereocenters. The molecule has 0 unspecified atom stereocenters. The van der Waals surface area contributed by atoms with Gasteiger partial charge in [0, 0.05) is 43.8 Å². The normalized spacial score (nSPS) is 14.5. The van der Waals surface area contributed by atoms with Crippen LogP contribution in [0, 0.1) is 13.8 Å². The molecule has 2 aromatic heterocycles. The van der Waals surface area contributed by atoms with E-state index < -0.39 is 0 Å². The zero-order valence-corrected chi connectivity index (χ0v) is 19.0. The minimum Gasteiger partial charge on any atom is -0.322 e. The van der Waals surface area contributed by atoms with Crippen LogP contribution in [0.15, 0.2) is 66.9 Å². The van der Waals surface area contributed by atoms with Crippen LogP contribution in [0.1, 0.15) is 17.0 Å². The molecule has 1 fully saturated rings. The minimum atomic E-state index is -0.0450. The number of benzene rings is 2. The summed E-state index contributed by atoms with van der Waals surface area (Å²) in [6.45, 7) is 7.78. The van der Waals surface area contributed by atoms with Crippen molar-refractivity contribution in [2.45, 2.75) is 20.4 Å². The van der Waals surface area contributed by atoms with Crippen LogP contribution >= 0.6 is 0 Å². The summed E-state index contributed by atoms with van der Waals surface area (Å²) in [5.41, 5.74) is 6.00. The van der Waals surface area contributed by atoms with Gasteiger partial charge in [-0.1, -0.05) is 24.3 Å². The summed E-state index contributed by atoms with van der Waals surface area (Å²) in [6.07, 6.45) is 1.81. The van der Waals surface area contributed by atoms with E-state index in [2.05, 4.69) is 51.0 Å². The maximum absolute atomic E-state index is 12.7. The Labute approximate surface area is 193 Å². The number of rotatable bonds is 4. The lowest BCUT2D eigenvalue weighted by molar-refractivity contribution is 0.140. The summed E-state index contributed by atoms with van der Waals surface area (Å²) in [4.78, 5) is 26.4. The highest BCUT2D eigenvalue weighted by Crippen LogP contribution is 2.22. The molecule has 7 nitrogen and oxygen atoms in total.